The summed E-state index contributed by atoms with van der Waals surface area (Å²) in [7, 11) is 1.79. The number of nitrogens with one attached hydrogen (secondary N) is 1. The van der Waals surface area contributed by atoms with Crippen molar-refractivity contribution in [3.05, 3.63) is 46.6 Å². The van der Waals surface area contributed by atoms with Gasteiger partial charge in [0.15, 0.2) is 0 Å². The normalized spacial score (nSPS) is 14.3. The highest BCUT2D eigenvalue weighted by molar-refractivity contribution is 6.30. The molecular formula is C16H17ClFN3O2. The van der Waals surface area contributed by atoms with Crippen LogP contribution >= 0.6 is 11.6 Å². The van der Waals surface area contributed by atoms with E-state index in [9.17, 15) is 9.18 Å². The standard InChI is InChI=1S/C16H17ClFN3O2/c1-21(8-12-7-15(23-20-12)10-2-3-10)9-16(22)19-14-5-4-11(17)6-13(14)18/h4-7,10H,2-3,8-9H2,1H3,(H,19,22). The first-order chi connectivity index (χ1) is 11.0. The van der Waals surface area contributed by atoms with Gasteiger partial charge >= 0.3 is 0 Å². The molecule has 1 aromatic heterocycles. The molecular weight excluding hydrogens is 321 g/mol. The molecule has 0 spiro atoms. The van der Waals surface area contributed by atoms with Gasteiger partial charge < -0.3 is 9.84 Å². The number of rotatable bonds is 6. The van der Waals surface area contributed by atoms with Gasteiger partial charge in [-0.25, -0.2) is 4.39 Å². The third kappa shape index (κ3) is 4.30. The van der Waals surface area contributed by atoms with Crippen LogP contribution in [0, 0.1) is 5.82 Å². The van der Waals surface area contributed by atoms with Crippen LogP contribution in [0.4, 0.5) is 10.1 Å². The first-order valence-electron chi connectivity index (χ1n) is 7.40. The molecule has 0 radical (unpaired) electrons. The highest BCUT2D eigenvalue weighted by Crippen LogP contribution is 2.40. The molecule has 0 saturated heterocycles. The molecule has 1 aromatic carbocycles. The minimum Gasteiger partial charge on any atom is -0.361 e. The number of halogens is 2. The quantitative estimate of drug-likeness (QED) is 0.877. The molecule has 1 saturated carbocycles. The largest absolute Gasteiger partial charge is 0.361 e. The van der Waals surface area contributed by atoms with Crippen molar-refractivity contribution in [2.75, 3.05) is 18.9 Å². The van der Waals surface area contributed by atoms with Crippen LogP contribution in [0.15, 0.2) is 28.8 Å². The van der Waals surface area contributed by atoms with Gasteiger partial charge in [-0.1, -0.05) is 16.8 Å². The van der Waals surface area contributed by atoms with E-state index in [2.05, 4.69) is 10.5 Å². The van der Waals surface area contributed by atoms with E-state index in [-0.39, 0.29) is 23.2 Å². The van der Waals surface area contributed by atoms with Crippen LogP contribution in [0.2, 0.25) is 5.02 Å². The third-order valence-electron chi connectivity index (χ3n) is 3.61. The van der Waals surface area contributed by atoms with Gasteiger partial charge in [-0.3, -0.25) is 9.69 Å². The van der Waals surface area contributed by atoms with Crippen molar-refractivity contribution in [2.24, 2.45) is 0 Å². The van der Waals surface area contributed by atoms with E-state index in [1.165, 1.54) is 12.1 Å². The number of aromatic nitrogens is 1. The van der Waals surface area contributed by atoms with Crippen LogP contribution in [-0.4, -0.2) is 29.6 Å². The van der Waals surface area contributed by atoms with Gasteiger partial charge in [-0.15, -0.1) is 0 Å². The second kappa shape index (κ2) is 6.68. The van der Waals surface area contributed by atoms with Crippen LogP contribution in [0.1, 0.15) is 30.2 Å². The van der Waals surface area contributed by atoms with Crippen LogP contribution < -0.4 is 5.32 Å². The van der Waals surface area contributed by atoms with Crippen molar-refractivity contribution in [3.63, 3.8) is 0 Å². The molecule has 1 amide bonds. The van der Waals surface area contributed by atoms with E-state index in [0.717, 1.165) is 30.4 Å². The highest BCUT2D eigenvalue weighted by Gasteiger charge is 2.28. The van der Waals surface area contributed by atoms with Crippen LogP contribution in [0.3, 0.4) is 0 Å². The van der Waals surface area contributed by atoms with Crippen molar-refractivity contribution >= 4 is 23.2 Å². The fourth-order valence-electron chi connectivity index (χ4n) is 2.32. The van der Waals surface area contributed by atoms with Crippen molar-refractivity contribution in [3.8, 4) is 0 Å². The van der Waals surface area contributed by atoms with Crippen molar-refractivity contribution in [2.45, 2.75) is 25.3 Å². The van der Waals surface area contributed by atoms with E-state index in [1.54, 1.807) is 11.9 Å². The minimum absolute atomic E-state index is 0.116. The SMILES string of the molecule is CN(CC(=O)Nc1ccc(Cl)cc1F)Cc1cc(C2CC2)on1. The second-order valence-corrected chi connectivity index (χ2v) is 6.28. The Bertz CT molecular complexity index is 715. The molecule has 0 unspecified atom stereocenters. The van der Waals surface area contributed by atoms with E-state index in [0.29, 0.717) is 12.5 Å². The summed E-state index contributed by atoms with van der Waals surface area (Å²) in [6, 6.07) is 6.06. The average Bonchev–Trinajstić information content (AvgIpc) is 3.23. The fraction of sp³-hybridized carbons (Fsp3) is 0.375. The maximum atomic E-state index is 13.6. The number of anilines is 1. The summed E-state index contributed by atoms with van der Waals surface area (Å²) in [6.45, 7) is 0.612. The lowest BCUT2D eigenvalue weighted by molar-refractivity contribution is -0.117. The zero-order valence-electron chi connectivity index (χ0n) is 12.7. The van der Waals surface area contributed by atoms with Gasteiger partial charge in [0.2, 0.25) is 5.91 Å². The Morgan fingerprint density at radius 3 is 2.96 bits per heavy atom. The molecule has 1 fully saturated rings. The Labute approximate surface area is 138 Å². The van der Waals surface area contributed by atoms with E-state index in [1.807, 2.05) is 6.07 Å². The van der Waals surface area contributed by atoms with Crippen molar-refractivity contribution in [1.82, 2.24) is 10.1 Å². The van der Waals surface area contributed by atoms with Gasteiger partial charge in [0.05, 0.1) is 17.9 Å². The lowest BCUT2D eigenvalue weighted by atomic mass is 10.2. The van der Waals surface area contributed by atoms with E-state index in [4.69, 9.17) is 16.1 Å². The second-order valence-electron chi connectivity index (χ2n) is 5.84. The van der Waals surface area contributed by atoms with E-state index >= 15 is 0 Å². The first-order valence-corrected chi connectivity index (χ1v) is 7.78. The Morgan fingerprint density at radius 2 is 2.26 bits per heavy atom. The van der Waals surface area contributed by atoms with Crippen LogP contribution in [0.5, 0.6) is 0 Å². The summed E-state index contributed by atoms with van der Waals surface area (Å²) in [5.41, 5.74) is 0.908. The van der Waals surface area contributed by atoms with Gasteiger partial charge in [0, 0.05) is 23.6 Å². The number of amides is 1. The smallest absolute Gasteiger partial charge is 0.238 e. The summed E-state index contributed by atoms with van der Waals surface area (Å²) >= 11 is 5.68. The maximum Gasteiger partial charge on any atom is 0.238 e. The molecule has 1 heterocycles. The number of hydrogen-bond donors (Lipinski definition) is 1. The summed E-state index contributed by atoms with van der Waals surface area (Å²) in [5.74, 6) is 0.567. The summed E-state index contributed by atoms with van der Waals surface area (Å²) < 4.78 is 18.9. The molecule has 122 valence electrons. The molecule has 7 heteroatoms. The number of benzene rings is 1. The number of carbonyl (C=O) groups excluding carboxylic acids is 1. The molecule has 5 nitrogen and oxygen atoms in total. The van der Waals surface area contributed by atoms with Crippen molar-refractivity contribution in [1.29, 1.82) is 0 Å². The van der Waals surface area contributed by atoms with Gasteiger partial charge in [-0.2, -0.15) is 0 Å². The molecule has 3 rings (SSSR count). The minimum atomic E-state index is -0.556. The summed E-state index contributed by atoms with van der Waals surface area (Å²) in [6.07, 6.45) is 2.30. The molecule has 23 heavy (non-hydrogen) atoms. The van der Waals surface area contributed by atoms with E-state index < -0.39 is 5.82 Å². The molecule has 0 bridgehead atoms. The molecule has 1 aliphatic carbocycles. The average molecular weight is 338 g/mol. The fourth-order valence-corrected chi connectivity index (χ4v) is 2.48. The topological polar surface area (TPSA) is 58.4 Å². The number of hydrogen-bond acceptors (Lipinski definition) is 4. The zero-order chi connectivity index (χ0) is 16.4. The van der Waals surface area contributed by atoms with Gasteiger partial charge in [0.25, 0.3) is 0 Å². The number of nitrogens with zero attached hydrogens (tertiary/aromatic N) is 2. The predicted molar refractivity (Wildman–Crippen MR) is 84.9 cm³/mol. The Hall–Kier alpha value is -1.92. The van der Waals surface area contributed by atoms with Crippen LogP contribution in [-0.2, 0) is 11.3 Å². The lowest BCUT2D eigenvalue weighted by Gasteiger charge is -2.14. The van der Waals surface area contributed by atoms with Crippen molar-refractivity contribution < 1.29 is 13.7 Å². The number of carbonyl (C=O) groups is 1. The molecule has 0 atom stereocenters. The predicted octanol–water partition coefficient (Wildman–Crippen LogP) is 3.42. The Kier molecular flexibility index (Phi) is 4.63. The molecule has 1 N–H and O–H groups in total. The zero-order valence-corrected chi connectivity index (χ0v) is 13.4. The third-order valence-corrected chi connectivity index (χ3v) is 3.84. The Balaban J connectivity index is 1.51. The first kappa shape index (κ1) is 16.0. The lowest BCUT2D eigenvalue weighted by Crippen LogP contribution is -2.30. The van der Waals surface area contributed by atoms with Crippen LogP contribution in [0.25, 0.3) is 0 Å². The molecule has 0 aliphatic heterocycles. The van der Waals surface area contributed by atoms with Gasteiger partial charge in [0.1, 0.15) is 11.6 Å². The number of likely N-dealkylation sites (N-methyl/N-ethyl adjacent to an activating group) is 1. The maximum absolute atomic E-state index is 13.6. The molecule has 2 aromatic rings. The monoisotopic (exact) mass is 337 g/mol. The Morgan fingerprint density at radius 1 is 1.48 bits per heavy atom. The highest BCUT2D eigenvalue weighted by atomic mass is 35.5. The summed E-state index contributed by atoms with van der Waals surface area (Å²) in [4.78, 5) is 13.8. The van der Waals surface area contributed by atoms with Gasteiger partial charge in [-0.05, 0) is 38.1 Å². The summed E-state index contributed by atoms with van der Waals surface area (Å²) in [5, 5.41) is 6.83. The molecule has 1 aliphatic rings.